The van der Waals surface area contributed by atoms with Crippen LogP contribution in [0.4, 0.5) is 5.95 Å². The number of anilines is 1. The number of halogens is 1. The lowest BCUT2D eigenvalue weighted by atomic mass is 10.0. The molecule has 0 unspecified atom stereocenters. The molecule has 1 aromatic heterocycles. The molecule has 1 saturated heterocycles. The maximum Gasteiger partial charge on any atom is 0.225 e. The molecule has 3 rings (SSSR count). The average Bonchev–Trinajstić information content (AvgIpc) is 3.26. The second-order valence-electron chi connectivity index (χ2n) is 7.86. The van der Waals surface area contributed by atoms with Crippen molar-refractivity contribution in [2.45, 2.75) is 45.4 Å². The summed E-state index contributed by atoms with van der Waals surface area (Å²) >= 11 is 0. The Kier molecular flexibility index (Phi) is 11.6. The van der Waals surface area contributed by atoms with Gasteiger partial charge < -0.3 is 15.5 Å². The van der Waals surface area contributed by atoms with Crippen molar-refractivity contribution in [3.05, 3.63) is 18.5 Å². The van der Waals surface area contributed by atoms with Gasteiger partial charge in [0.05, 0.1) is 0 Å². The molecule has 0 spiro atoms. The molecule has 2 N–H and O–H groups in total. The fourth-order valence-corrected chi connectivity index (χ4v) is 4.17. The molecule has 29 heavy (non-hydrogen) atoms. The van der Waals surface area contributed by atoms with E-state index in [2.05, 4.69) is 37.3 Å². The fraction of sp³-hybridized carbons (Fsp3) is 0.762. The lowest BCUT2D eigenvalue weighted by molar-refractivity contribution is 0.260. The van der Waals surface area contributed by atoms with E-state index in [1.54, 1.807) is 0 Å². The van der Waals surface area contributed by atoms with E-state index < -0.39 is 0 Å². The van der Waals surface area contributed by atoms with Crippen LogP contribution in [0, 0.1) is 5.92 Å². The Morgan fingerprint density at radius 2 is 1.83 bits per heavy atom. The van der Waals surface area contributed by atoms with Gasteiger partial charge in [-0.15, -0.1) is 24.0 Å². The van der Waals surface area contributed by atoms with Crippen LogP contribution in [0.15, 0.2) is 23.5 Å². The maximum absolute atomic E-state index is 4.76. The second-order valence-corrected chi connectivity index (χ2v) is 7.86. The molecule has 0 aromatic carbocycles. The van der Waals surface area contributed by atoms with Crippen LogP contribution in [0.25, 0.3) is 0 Å². The summed E-state index contributed by atoms with van der Waals surface area (Å²) in [6, 6.07) is 1.86. The third-order valence-corrected chi connectivity index (χ3v) is 5.79. The summed E-state index contributed by atoms with van der Waals surface area (Å²) in [6.45, 7) is 10.0. The topological polar surface area (TPSA) is 68.7 Å². The van der Waals surface area contributed by atoms with Crippen LogP contribution in [0.3, 0.4) is 0 Å². The minimum Gasteiger partial charge on any atom is -0.357 e. The SMILES string of the molecule is CCNC(=NCCCC1CCCC1)NCCN1CCN(c2ncccn2)CC1.I. The second kappa shape index (κ2) is 14.0. The van der Waals surface area contributed by atoms with Gasteiger partial charge >= 0.3 is 0 Å². The summed E-state index contributed by atoms with van der Waals surface area (Å²) in [5.41, 5.74) is 0. The van der Waals surface area contributed by atoms with Gasteiger partial charge in [0.15, 0.2) is 5.96 Å². The van der Waals surface area contributed by atoms with Crippen molar-refractivity contribution in [1.82, 2.24) is 25.5 Å². The van der Waals surface area contributed by atoms with Crippen molar-refractivity contribution in [3.8, 4) is 0 Å². The minimum atomic E-state index is 0. The van der Waals surface area contributed by atoms with Crippen LogP contribution in [0.1, 0.15) is 45.4 Å². The molecular weight excluding hydrogens is 477 g/mol. The molecule has 7 nitrogen and oxygen atoms in total. The molecule has 1 aliphatic carbocycles. The Hall–Kier alpha value is -1.16. The van der Waals surface area contributed by atoms with E-state index in [4.69, 9.17) is 4.99 Å². The quantitative estimate of drug-likeness (QED) is 0.228. The predicted molar refractivity (Wildman–Crippen MR) is 131 cm³/mol. The molecule has 0 atom stereocenters. The van der Waals surface area contributed by atoms with Gasteiger partial charge in [-0.1, -0.05) is 25.7 Å². The van der Waals surface area contributed by atoms with Crippen LogP contribution in [-0.4, -0.2) is 73.2 Å². The highest BCUT2D eigenvalue weighted by molar-refractivity contribution is 14.0. The number of aliphatic imine (C=N–C) groups is 1. The van der Waals surface area contributed by atoms with Gasteiger partial charge in [-0.25, -0.2) is 9.97 Å². The van der Waals surface area contributed by atoms with Crippen molar-refractivity contribution in [1.29, 1.82) is 0 Å². The largest absolute Gasteiger partial charge is 0.357 e. The Bertz CT molecular complexity index is 570. The highest BCUT2D eigenvalue weighted by atomic mass is 127. The first kappa shape index (κ1) is 24.1. The Morgan fingerprint density at radius 3 is 2.52 bits per heavy atom. The van der Waals surface area contributed by atoms with E-state index in [1.165, 1.54) is 38.5 Å². The van der Waals surface area contributed by atoms with E-state index in [0.717, 1.165) is 70.2 Å². The molecule has 1 saturated carbocycles. The van der Waals surface area contributed by atoms with Gasteiger partial charge in [0.1, 0.15) is 0 Å². The first-order valence-electron chi connectivity index (χ1n) is 11.1. The van der Waals surface area contributed by atoms with Gasteiger partial charge in [-0.2, -0.15) is 0 Å². The van der Waals surface area contributed by atoms with Crippen molar-refractivity contribution in [2.75, 3.05) is 57.3 Å². The predicted octanol–water partition coefficient (Wildman–Crippen LogP) is 2.74. The lowest BCUT2D eigenvalue weighted by Crippen LogP contribution is -2.49. The van der Waals surface area contributed by atoms with Gasteiger partial charge in [0, 0.05) is 64.8 Å². The van der Waals surface area contributed by atoms with Gasteiger partial charge in [0.2, 0.25) is 5.95 Å². The molecule has 0 amide bonds. The van der Waals surface area contributed by atoms with E-state index in [-0.39, 0.29) is 24.0 Å². The number of nitrogens with one attached hydrogen (secondary N) is 2. The van der Waals surface area contributed by atoms with Gasteiger partial charge in [-0.05, 0) is 31.7 Å². The summed E-state index contributed by atoms with van der Waals surface area (Å²) in [4.78, 5) is 18.2. The van der Waals surface area contributed by atoms with E-state index in [1.807, 2.05) is 18.5 Å². The zero-order chi connectivity index (χ0) is 19.4. The standard InChI is InChI=1S/C21H37N7.HI/c1-2-22-20(23-10-5-9-19-7-3-4-8-19)24-13-14-27-15-17-28(18-16-27)21-25-11-6-12-26-21;/h6,11-12,19H,2-5,7-10,13-18H2,1H3,(H2,22,23,24);1H. The van der Waals surface area contributed by atoms with Crippen molar-refractivity contribution in [2.24, 2.45) is 10.9 Å². The number of rotatable bonds is 9. The molecule has 164 valence electrons. The number of aromatic nitrogens is 2. The van der Waals surface area contributed by atoms with Crippen LogP contribution < -0.4 is 15.5 Å². The third kappa shape index (κ3) is 8.62. The summed E-state index contributed by atoms with van der Waals surface area (Å²) in [7, 11) is 0. The number of guanidine groups is 1. The molecule has 2 fully saturated rings. The highest BCUT2D eigenvalue weighted by Crippen LogP contribution is 2.28. The van der Waals surface area contributed by atoms with Gasteiger partial charge in [-0.3, -0.25) is 9.89 Å². The summed E-state index contributed by atoms with van der Waals surface area (Å²) in [5, 5.41) is 6.87. The maximum atomic E-state index is 4.76. The van der Waals surface area contributed by atoms with Crippen LogP contribution in [0.5, 0.6) is 0 Å². The molecule has 1 aliphatic heterocycles. The van der Waals surface area contributed by atoms with Crippen molar-refractivity contribution in [3.63, 3.8) is 0 Å². The monoisotopic (exact) mass is 515 g/mol. The number of hydrogen-bond donors (Lipinski definition) is 2. The third-order valence-electron chi connectivity index (χ3n) is 5.79. The van der Waals surface area contributed by atoms with Crippen LogP contribution in [-0.2, 0) is 0 Å². The summed E-state index contributed by atoms with van der Waals surface area (Å²) in [5.74, 6) is 2.77. The summed E-state index contributed by atoms with van der Waals surface area (Å²) < 4.78 is 0. The minimum absolute atomic E-state index is 0. The number of hydrogen-bond acceptors (Lipinski definition) is 5. The van der Waals surface area contributed by atoms with E-state index in [0.29, 0.717) is 0 Å². The first-order chi connectivity index (χ1) is 13.8. The average molecular weight is 515 g/mol. The van der Waals surface area contributed by atoms with Crippen LogP contribution >= 0.6 is 24.0 Å². The van der Waals surface area contributed by atoms with E-state index >= 15 is 0 Å². The molecule has 1 aromatic rings. The van der Waals surface area contributed by atoms with Crippen molar-refractivity contribution < 1.29 is 0 Å². The molecule has 2 heterocycles. The zero-order valence-electron chi connectivity index (χ0n) is 17.9. The molecular formula is C21H38IN7. The molecule has 2 aliphatic rings. The lowest BCUT2D eigenvalue weighted by Gasteiger charge is -2.34. The molecule has 0 radical (unpaired) electrons. The highest BCUT2D eigenvalue weighted by Gasteiger charge is 2.18. The molecule has 0 bridgehead atoms. The Balaban J connectivity index is 0.00000300. The number of nitrogens with zero attached hydrogens (tertiary/aromatic N) is 5. The number of piperazine rings is 1. The van der Waals surface area contributed by atoms with Crippen molar-refractivity contribution >= 4 is 35.9 Å². The van der Waals surface area contributed by atoms with Gasteiger partial charge in [0.25, 0.3) is 0 Å². The fourth-order valence-electron chi connectivity index (χ4n) is 4.17. The first-order valence-corrected chi connectivity index (χ1v) is 11.1. The zero-order valence-corrected chi connectivity index (χ0v) is 20.2. The Morgan fingerprint density at radius 1 is 1.10 bits per heavy atom. The smallest absolute Gasteiger partial charge is 0.225 e. The molecule has 8 heteroatoms. The van der Waals surface area contributed by atoms with Crippen LogP contribution in [0.2, 0.25) is 0 Å². The van der Waals surface area contributed by atoms with E-state index in [9.17, 15) is 0 Å². The normalized spacial score (nSPS) is 18.5. The Labute approximate surface area is 193 Å². The summed E-state index contributed by atoms with van der Waals surface area (Å²) in [6.07, 6.45) is 11.9.